The Morgan fingerprint density at radius 1 is 1.00 bits per heavy atom. The van der Waals surface area contributed by atoms with Crippen molar-refractivity contribution in [3.8, 4) is 0 Å². The lowest BCUT2D eigenvalue weighted by molar-refractivity contribution is 0.616. The van der Waals surface area contributed by atoms with Crippen LogP contribution in [0.5, 0.6) is 0 Å². The molecule has 2 aromatic carbocycles. The smallest absolute Gasteiger partial charge is 0.134 e. The molecule has 0 saturated carbocycles. The molecule has 0 unspecified atom stereocenters. The second kappa shape index (κ2) is 3.01. The molecule has 0 atom stereocenters. The molecule has 3 aromatic rings. The van der Waals surface area contributed by atoms with Crippen molar-refractivity contribution in [2.45, 2.75) is 6.92 Å². The standard InChI is InChI=1S/C13H9ClO/c1-8-2-4-11(14)13-9(8)3-5-12-10(13)6-7-15-12/h2-7H,1H3. The first-order valence-electron chi connectivity index (χ1n) is 4.82. The quantitative estimate of drug-likeness (QED) is 0.537. The van der Waals surface area contributed by atoms with E-state index < -0.39 is 0 Å². The molecule has 0 aliphatic rings. The van der Waals surface area contributed by atoms with Gasteiger partial charge in [-0.3, -0.25) is 0 Å². The zero-order valence-electron chi connectivity index (χ0n) is 8.25. The summed E-state index contributed by atoms with van der Waals surface area (Å²) in [5.74, 6) is 0. The van der Waals surface area contributed by atoms with E-state index in [1.165, 1.54) is 10.9 Å². The van der Waals surface area contributed by atoms with Gasteiger partial charge in [0.25, 0.3) is 0 Å². The fourth-order valence-electron chi connectivity index (χ4n) is 2.00. The number of hydrogen-bond acceptors (Lipinski definition) is 1. The fraction of sp³-hybridized carbons (Fsp3) is 0.0769. The molecular formula is C13H9ClO. The molecule has 1 heterocycles. The Balaban J connectivity index is 2.67. The first-order valence-corrected chi connectivity index (χ1v) is 5.20. The minimum absolute atomic E-state index is 0.780. The van der Waals surface area contributed by atoms with Crippen LogP contribution >= 0.6 is 11.6 Å². The molecule has 74 valence electrons. The number of hydrogen-bond donors (Lipinski definition) is 0. The Bertz CT molecular complexity index is 652. The van der Waals surface area contributed by atoms with E-state index in [9.17, 15) is 0 Å². The van der Waals surface area contributed by atoms with Gasteiger partial charge < -0.3 is 4.42 Å². The molecule has 2 heteroatoms. The van der Waals surface area contributed by atoms with Gasteiger partial charge >= 0.3 is 0 Å². The van der Waals surface area contributed by atoms with Gasteiger partial charge in [-0.2, -0.15) is 0 Å². The SMILES string of the molecule is Cc1ccc(Cl)c2c1ccc1occc12. The van der Waals surface area contributed by atoms with E-state index in [0.29, 0.717) is 0 Å². The fourth-order valence-corrected chi connectivity index (χ4v) is 2.27. The molecule has 0 fully saturated rings. The van der Waals surface area contributed by atoms with Gasteiger partial charge in [-0.15, -0.1) is 0 Å². The van der Waals surface area contributed by atoms with Gasteiger partial charge in [0.15, 0.2) is 0 Å². The number of aryl methyl sites for hydroxylation is 1. The highest BCUT2D eigenvalue weighted by Gasteiger charge is 2.07. The molecule has 3 rings (SSSR count). The van der Waals surface area contributed by atoms with E-state index in [0.717, 1.165) is 21.4 Å². The van der Waals surface area contributed by atoms with Crippen LogP contribution in [-0.2, 0) is 0 Å². The summed E-state index contributed by atoms with van der Waals surface area (Å²) in [5.41, 5.74) is 2.12. The van der Waals surface area contributed by atoms with Crippen molar-refractivity contribution in [2.75, 3.05) is 0 Å². The first kappa shape index (κ1) is 8.81. The third kappa shape index (κ3) is 1.17. The summed E-state index contributed by atoms with van der Waals surface area (Å²) in [4.78, 5) is 0. The Morgan fingerprint density at radius 2 is 1.87 bits per heavy atom. The lowest BCUT2D eigenvalue weighted by Gasteiger charge is -2.04. The van der Waals surface area contributed by atoms with Gasteiger partial charge in [0.2, 0.25) is 0 Å². The predicted molar refractivity (Wildman–Crippen MR) is 63.5 cm³/mol. The highest BCUT2D eigenvalue weighted by molar-refractivity contribution is 6.38. The molecule has 1 aromatic heterocycles. The van der Waals surface area contributed by atoms with Gasteiger partial charge in [0.05, 0.1) is 6.26 Å². The molecule has 0 radical (unpaired) electrons. The maximum absolute atomic E-state index is 6.22. The topological polar surface area (TPSA) is 13.1 Å². The minimum atomic E-state index is 0.780. The van der Waals surface area contributed by atoms with E-state index in [1.54, 1.807) is 6.26 Å². The van der Waals surface area contributed by atoms with Crippen LogP contribution in [0.15, 0.2) is 41.0 Å². The molecule has 1 nitrogen and oxygen atoms in total. The van der Waals surface area contributed by atoms with Gasteiger partial charge in [-0.25, -0.2) is 0 Å². The van der Waals surface area contributed by atoms with E-state index in [4.69, 9.17) is 16.0 Å². The maximum atomic E-state index is 6.22. The summed E-state index contributed by atoms with van der Waals surface area (Å²) in [6, 6.07) is 9.98. The number of furan rings is 1. The first-order chi connectivity index (χ1) is 7.27. The molecule has 0 aliphatic heterocycles. The second-order valence-corrected chi connectivity index (χ2v) is 4.09. The number of halogens is 1. The van der Waals surface area contributed by atoms with Crippen LogP contribution in [0.3, 0.4) is 0 Å². The normalized spacial score (nSPS) is 11.3. The number of fused-ring (bicyclic) bond motifs is 3. The molecule has 0 bridgehead atoms. The van der Waals surface area contributed by atoms with Gasteiger partial charge in [-0.05, 0) is 36.1 Å². The van der Waals surface area contributed by atoms with Crippen LogP contribution < -0.4 is 0 Å². The monoisotopic (exact) mass is 216 g/mol. The Morgan fingerprint density at radius 3 is 2.73 bits per heavy atom. The van der Waals surface area contributed by atoms with Crippen molar-refractivity contribution < 1.29 is 4.42 Å². The largest absolute Gasteiger partial charge is 0.464 e. The van der Waals surface area contributed by atoms with E-state index in [-0.39, 0.29) is 0 Å². The lowest BCUT2D eigenvalue weighted by Crippen LogP contribution is -1.80. The van der Waals surface area contributed by atoms with E-state index in [2.05, 4.69) is 13.0 Å². The third-order valence-corrected chi connectivity index (χ3v) is 3.09. The average molecular weight is 217 g/mol. The van der Waals surface area contributed by atoms with E-state index in [1.807, 2.05) is 24.3 Å². The Labute approximate surface area is 92.3 Å². The minimum Gasteiger partial charge on any atom is -0.464 e. The van der Waals surface area contributed by atoms with Crippen LogP contribution in [0.2, 0.25) is 5.02 Å². The van der Waals surface area contributed by atoms with E-state index >= 15 is 0 Å². The Hall–Kier alpha value is -1.47. The molecule has 0 saturated heterocycles. The third-order valence-electron chi connectivity index (χ3n) is 2.78. The number of benzene rings is 2. The van der Waals surface area contributed by atoms with Crippen molar-refractivity contribution >= 4 is 33.3 Å². The zero-order valence-corrected chi connectivity index (χ0v) is 9.01. The van der Waals surface area contributed by atoms with Gasteiger partial charge in [-0.1, -0.05) is 23.7 Å². The van der Waals surface area contributed by atoms with Crippen LogP contribution in [0, 0.1) is 6.92 Å². The summed E-state index contributed by atoms with van der Waals surface area (Å²) >= 11 is 6.22. The van der Waals surface area contributed by atoms with Crippen molar-refractivity contribution in [1.29, 1.82) is 0 Å². The van der Waals surface area contributed by atoms with Crippen LogP contribution in [0.25, 0.3) is 21.7 Å². The summed E-state index contributed by atoms with van der Waals surface area (Å²) in [6.45, 7) is 2.09. The van der Waals surface area contributed by atoms with Gasteiger partial charge in [0.1, 0.15) is 5.58 Å². The highest BCUT2D eigenvalue weighted by atomic mass is 35.5. The Kier molecular flexibility index (Phi) is 1.77. The molecule has 0 spiro atoms. The average Bonchev–Trinajstić information content (AvgIpc) is 2.70. The van der Waals surface area contributed by atoms with Crippen molar-refractivity contribution in [2.24, 2.45) is 0 Å². The van der Waals surface area contributed by atoms with Crippen LogP contribution in [0.4, 0.5) is 0 Å². The zero-order chi connectivity index (χ0) is 10.4. The molecular weight excluding hydrogens is 208 g/mol. The van der Waals surface area contributed by atoms with Crippen molar-refractivity contribution in [3.63, 3.8) is 0 Å². The molecule has 0 N–H and O–H groups in total. The highest BCUT2D eigenvalue weighted by Crippen LogP contribution is 2.33. The predicted octanol–water partition coefficient (Wildman–Crippen LogP) is 4.55. The van der Waals surface area contributed by atoms with Gasteiger partial charge in [0, 0.05) is 15.8 Å². The van der Waals surface area contributed by atoms with Crippen LogP contribution in [0.1, 0.15) is 5.56 Å². The van der Waals surface area contributed by atoms with Crippen LogP contribution in [-0.4, -0.2) is 0 Å². The molecule has 0 aliphatic carbocycles. The lowest BCUT2D eigenvalue weighted by atomic mass is 10.0. The maximum Gasteiger partial charge on any atom is 0.134 e. The molecule has 15 heavy (non-hydrogen) atoms. The second-order valence-electron chi connectivity index (χ2n) is 3.68. The summed E-state index contributed by atoms with van der Waals surface area (Å²) in [6.07, 6.45) is 1.70. The van der Waals surface area contributed by atoms with Crippen molar-refractivity contribution in [3.05, 3.63) is 47.2 Å². The summed E-state index contributed by atoms with van der Waals surface area (Å²) in [7, 11) is 0. The summed E-state index contributed by atoms with van der Waals surface area (Å²) in [5, 5.41) is 4.14. The summed E-state index contributed by atoms with van der Waals surface area (Å²) < 4.78 is 5.36. The van der Waals surface area contributed by atoms with Crippen molar-refractivity contribution in [1.82, 2.24) is 0 Å². The number of rotatable bonds is 0. The molecule has 0 amide bonds.